The Labute approximate surface area is 198 Å². The van der Waals surface area contributed by atoms with Gasteiger partial charge in [0.1, 0.15) is 11.8 Å². The summed E-state index contributed by atoms with van der Waals surface area (Å²) in [5, 5.41) is 5.54. The predicted molar refractivity (Wildman–Crippen MR) is 132 cm³/mol. The largest absolute Gasteiger partial charge is 0.372 e. The van der Waals surface area contributed by atoms with Crippen LogP contribution in [0.5, 0.6) is 0 Å². The fourth-order valence-electron chi connectivity index (χ4n) is 4.62. The van der Waals surface area contributed by atoms with Crippen LogP contribution in [0, 0.1) is 5.92 Å². The molecule has 1 aliphatic heterocycles. The summed E-state index contributed by atoms with van der Waals surface area (Å²) < 4.78 is 6.00. The van der Waals surface area contributed by atoms with Gasteiger partial charge >= 0.3 is 0 Å². The van der Waals surface area contributed by atoms with E-state index in [4.69, 9.17) is 16.3 Å². The van der Waals surface area contributed by atoms with E-state index >= 15 is 0 Å². The molecule has 3 heterocycles. The summed E-state index contributed by atoms with van der Waals surface area (Å²) in [6.07, 6.45) is 4.54. The van der Waals surface area contributed by atoms with Gasteiger partial charge < -0.3 is 15.0 Å². The zero-order valence-corrected chi connectivity index (χ0v) is 20.3. The van der Waals surface area contributed by atoms with Crippen molar-refractivity contribution in [3.8, 4) is 0 Å². The Hall–Kier alpha value is -2.48. The zero-order chi connectivity index (χ0) is 23.8. The molecule has 3 aromatic rings. The maximum atomic E-state index is 13.4. The molecule has 1 unspecified atom stereocenters. The fraction of sp³-hybridized carbons (Fsp3) is 0.480. The van der Waals surface area contributed by atoms with Gasteiger partial charge in [-0.2, -0.15) is 0 Å². The molecule has 4 rings (SSSR count). The molecule has 1 amide bonds. The minimum absolute atomic E-state index is 0.153. The van der Waals surface area contributed by atoms with Crippen LogP contribution in [0.3, 0.4) is 0 Å². The first kappa shape index (κ1) is 23.7. The lowest BCUT2D eigenvalue weighted by Crippen LogP contribution is -2.59. The van der Waals surface area contributed by atoms with Gasteiger partial charge in [-0.25, -0.2) is 0 Å². The van der Waals surface area contributed by atoms with Gasteiger partial charge in [-0.05, 0) is 38.0 Å². The number of carbonyl (C=O) groups is 2. The van der Waals surface area contributed by atoms with Crippen LogP contribution in [-0.2, 0) is 14.3 Å². The number of nitrogens with zero attached hydrogens (tertiary/aromatic N) is 2. The van der Waals surface area contributed by atoms with E-state index in [2.05, 4.69) is 27.1 Å². The first-order chi connectivity index (χ1) is 15.7. The summed E-state index contributed by atoms with van der Waals surface area (Å²) >= 11 is 6.40. The number of hydrogen-bond acceptors (Lipinski definition) is 5. The maximum Gasteiger partial charge on any atom is 0.244 e. The Kier molecular flexibility index (Phi) is 6.75. The molecule has 8 heteroatoms. The van der Waals surface area contributed by atoms with Crippen LogP contribution in [-0.4, -0.2) is 57.9 Å². The summed E-state index contributed by atoms with van der Waals surface area (Å²) in [5.41, 5.74) is 1.95. The summed E-state index contributed by atoms with van der Waals surface area (Å²) in [6, 6.07) is 5.10. The first-order valence-corrected chi connectivity index (χ1v) is 11.8. The van der Waals surface area contributed by atoms with Crippen LogP contribution < -0.4 is 5.32 Å². The van der Waals surface area contributed by atoms with E-state index in [1.54, 1.807) is 18.5 Å². The van der Waals surface area contributed by atoms with Gasteiger partial charge in [0.25, 0.3) is 0 Å². The van der Waals surface area contributed by atoms with Crippen molar-refractivity contribution in [2.45, 2.75) is 52.2 Å². The second-order valence-corrected chi connectivity index (χ2v) is 10.1. The van der Waals surface area contributed by atoms with Crippen molar-refractivity contribution in [2.75, 3.05) is 25.0 Å². The van der Waals surface area contributed by atoms with Gasteiger partial charge in [-0.3, -0.25) is 19.5 Å². The highest BCUT2D eigenvalue weighted by Crippen LogP contribution is 2.33. The third-order valence-corrected chi connectivity index (χ3v) is 6.43. The molecule has 2 atom stereocenters. The Morgan fingerprint density at radius 3 is 2.91 bits per heavy atom. The molecule has 2 aromatic heterocycles. The summed E-state index contributed by atoms with van der Waals surface area (Å²) in [7, 11) is 0. The van der Waals surface area contributed by atoms with E-state index in [1.165, 1.54) is 0 Å². The van der Waals surface area contributed by atoms with Crippen LogP contribution in [0.25, 0.3) is 21.8 Å². The molecule has 2 N–H and O–H groups in total. The number of anilines is 1. The number of carbonyl (C=O) groups excluding carboxylic acids is 2. The topological polar surface area (TPSA) is 87.3 Å². The number of ether oxygens (including phenoxy) is 1. The average molecular weight is 471 g/mol. The summed E-state index contributed by atoms with van der Waals surface area (Å²) in [6.45, 7) is 9.54. The minimum Gasteiger partial charge on any atom is -0.372 e. The fourth-order valence-corrected chi connectivity index (χ4v) is 4.84. The standard InChI is InChI=1S/C25H31ClN4O3/c1-5-17(31)8-15(2)12-30-14-25(3,4)33-13-22(30)24(32)29-20-10-16(26)9-19-18-6-7-27-11-21(18)28-23(19)20/h6-7,9-11,15,22,28H,5,8,12-14H2,1-4H3,(H,29,32)/t15-,22?/m1/s1. The van der Waals surface area contributed by atoms with Crippen LogP contribution in [0.4, 0.5) is 5.69 Å². The number of Topliss-reactive ketones (excluding diaryl/α,β-unsaturated/α-hetero) is 1. The Balaban J connectivity index is 1.59. The number of pyridine rings is 1. The number of aromatic nitrogens is 2. The van der Waals surface area contributed by atoms with Gasteiger partial charge in [-0.15, -0.1) is 0 Å². The number of halogens is 1. The molecule has 1 fully saturated rings. The molecular weight excluding hydrogens is 440 g/mol. The minimum atomic E-state index is -0.461. The molecule has 0 saturated carbocycles. The Morgan fingerprint density at radius 2 is 2.15 bits per heavy atom. The van der Waals surface area contributed by atoms with Crippen molar-refractivity contribution in [2.24, 2.45) is 5.92 Å². The third-order valence-electron chi connectivity index (χ3n) is 6.21. The number of ketones is 1. The lowest BCUT2D eigenvalue weighted by molar-refractivity contribution is -0.144. The predicted octanol–water partition coefficient (Wildman–Crippen LogP) is 4.79. The average Bonchev–Trinajstić information content (AvgIpc) is 3.11. The molecule has 0 aliphatic carbocycles. The first-order valence-electron chi connectivity index (χ1n) is 11.4. The maximum absolute atomic E-state index is 13.4. The highest BCUT2D eigenvalue weighted by Gasteiger charge is 2.38. The van der Waals surface area contributed by atoms with Crippen molar-refractivity contribution in [1.29, 1.82) is 0 Å². The number of rotatable bonds is 7. The molecule has 0 radical (unpaired) electrons. The van der Waals surface area contributed by atoms with Gasteiger partial charge in [-0.1, -0.05) is 25.4 Å². The Morgan fingerprint density at radius 1 is 1.36 bits per heavy atom. The van der Waals surface area contributed by atoms with Gasteiger partial charge in [0.15, 0.2) is 0 Å². The number of amides is 1. The molecule has 7 nitrogen and oxygen atoms in total. The van der Waals surface area contributed by atoms with Crippen molar-refractivity contribution in [3.05, 3.63) is 35.6 Å². The number of fused-ring (bicyclic) bond motifs is 3. The molecule has 1 aromatic carbocycles. The van der Waals surface area contributed by atoms with Crippen molar-refractivity contribution < 1.29 is 14.3 Å². The molecular formula is C25H31ClN4O3. The number of morpholine rings is 1. The van der Waals surface area contributed by atoms with E-state index in [-0.39, 0.29) is 29.8 Å². The smallest absolute Gasteiger partial charge is 0.244 e. The van der Waals surface area contributed by atoms with Crippen molar-refractivity contribution in [3.63, 3.8) is 0 Å². The lowest BCUT2D eigenvalue weighted by Gasteiger charge is -2.43. The van der Waals surface area contributed by atoms with E-state index < -0.39 is 6.04 Å². The van der Waals surface area contributed by atoms with Crippen LogP contribution in [0.1, 0.15) is 40.5 Å². The van der Waals surface area contributed by atoms with E-state index in [0.29, 0.717) is 36.6 Å². The molecule has 0 spiro atoms. The number of benzene rings is 1. The number of aromatic amines is 1. The van der Waals surface area contributed by atoms with E-state index in [1.807, 2.05) is 32.9 Å². The van der Waals surface area contributed by atoms with Gasteiger partial charge in [0.2, 0.25) is 5.91 Å². The van der Waals surface area contributed by atoms with Crippen LogP contribution >= 0.6 is 11.6 Å². The highest BCUT2D eigenvalue weighted by atomic mass is 35.5. The van der Waals surface area contributed by atoms with Gasteiger partial charge in [0, 0.05) is 47.9 Å². The van der Waals surface area contributed by atoms with Gasteiger partial charge in [0.05, 0.1) is 35.1 Å². The number of hydrogen-bond donors (Lipinski definition) is 2. The zero-order valence-electron chi connectivity index (χ0n) is 19.6. The van der Waals surface area contributed by atoms with Crippen LogP contribution in [0.2, 0.25) is 5.02 Å². The normalized spacial score (nSPS) is 19.6. The molecule has 176 valence electrons. The monoisotopic (exact) mass is 470 g/mol. The molecule has 33 heavy (non-hydrogen) atoms. The van der Waals surface area contributed by atoms with Crippen molar-refractivity contribution >= 4 is 50.8 Å². The quantitative estimate of drug-likeness (QED) is 0.518. The van der Waals surface area contributed by atoms with Crippen LogP contribution in [0.15, 0.2) is 30.6 Å². The summed E-state index contributed by atoms with van der Waals surface area (Å²) in [5.74, 6) is 0.242. The lowest BCUT2D eigenvalue weighted by atomic mass is 9.98. The third kappa shape index (κ3) is 5.21. The molecule has 0 bridgehead atoms. The SMILES string of the molecule is CCC(=O)C[C@@H](C)CN1CC(C)(C)OCC1C(=O)Nc1cc(Cl)cc2c1[nH]c1cnccc12. The highest BCUT2D eigenvalue weighted by molar-refractivity contribution is 6.33. The van der Waals surface area contributed by atoms with E-state index in [9.17, 15) is 9.59 Å². The molecule has 1 aliphatic rings. The number of nitrogens with one attached hydrogen (secondary N) is 2. The van der Waals surface area contributed by atoms with E-state index in [0.717, 1.165) is 21.8 Å². The second kappa shape index (κ2) is 9.41. The van der Waals surface area contributed by atoms with Crippen molar-refractivity contribution in [1.82, 2.24) is 14.9 Å². The number of H-pyrrole nitrogens is 1. The molecule has 1 saturated heterocycles. The second-order valence-electron chi connectivity index (χ2n) is 9.63. The Bertz CT molecular complexity index is 1190. The summed E-state index contributed by atoms with van der Waals surface area (Å²) in [4.78, 5) is 35.0.